The Morgan fingerprint density at radius 3 is 1.07 bits per heavy atom. The summed E-state index contributed by atoms with van der Waals surface area (Å²) in [5.74, 6) is 0. The molecule has 1 heteroatoms. The van der Waals surface area contributed by atoms with Gasteiger partial charge in [0.15, 0.2) is 0 Å². The van der Waals surface area contributed by atoms with Gasteiger partial charge in [-0.3, -0.25) is 0 Å². The quantitative estimate of drug-likeness (QED) is 0.327. The third kappa shape index (κ3) is 5.66. The fourth-order valence-corrected chi connectivity index (χ4v) is 3.91. The first-order valence-electron chi connectivity index (χ1n) is 10.6. The van der Waals surface area contributed by atoms with Crippen LogP contribution < -0.4 is 0 Å². The summed E-state index contributed by atoms with van der Waals surface area (Å²) in [6.45, 7) is 22.8. The van der Waals surface area contributed by atoms with Crippen LogP contribution in [0.5, 0.6) is 0 Å². The van der Waals surface area contributed by atoms with E-state index in [1.807, 2.05) is 0 Å². The monoisotopic (exact) mass is 418 g/mol. The molecule has 0 atom stereocenters. The van der Waals surface area contributed by atoms with Crippen molar-refractivity contribution in [2.45, 2.75) is 106 Å². The van der Waals surface area contributed by atoms with Gasteiger partial charge in [0.25, 0.3) is 0 Å². The Morgan fingerprint density at radius 1 is 0.667 bits per heavy atom. The average molecular weight is 420 g/mol. The number of hydrogen-bond acceptors (Lipinski definition) is 0. The fraction of sp³-hybridized carbons (Fsp3) is 0.615. The van der Waals surface area contributed by atoms with E-state index < -0.39 is 0 Å². The molecule has 2 aromatic carbocycles. The van der Waals surface area contributed by atoms with E-state index in [-0.39, 0.29) is 19.5 Å². The van der Waals surface area contributed by atoms with E-state index in [2.05, 4.69) is 93.5 Å². The Bertz CT molecular complexity index is 615. The molecule has 0 aliphatic carbocycles. The van der Waals surface area contributed by atoms with Crippen LogP contribution in [-0.4, -0.2) is 0 Å². The molecule has 0 amide bonds. The summed E-state index contributed by atoms with van der Waals surface area (Å²) in [5.41, 5.74) is 9.73. The maximum absolute atomic E-state index is 2.37. The molecule has 0 fully saturated rings. The second-order valence-corrected chi connectivity index (χ2v) is 8.65. The first-order valence-corrected chi connectivity index (χ1v) is 10.6. The van der Waals surface area contributed by atoms with Gasteiger partial charge in [-0.15, -0.1) is 0 Å². The molecule has 0 aliphatic rings. The molecule has 0 bridgehead atoms. The summed E-state index contributed by atoms with van der Waals surface area (Å²) in [6.07, 6.45) is 4.92. The van der Waals surface area contributed by atoms with Crippen molar-refractivity contribution < 1.29 is 19.5 Å². The second-order valence-electron chi connectivity index (χ2n) is 8.65. The van der Waals surface area contributed by atoms with Crippen LogP contribution in [0.15, 0.2) is 24.3 Å². The zero-order valence-corrected chi connectivity index (χ0v) is 22.8. The van der Waals surface area contributed by atoms with E-state index in [1.54, 1.807) is 11.1 Å². The minimum absolute atomic E-state index is 0. The SMILES string of the molecule is CCC(C)(CC)c1cc[c-](C)c1C.CCC(C)(CC)c1cc[c-](C)c1C.[Zn+2]. The van der Waals surface area contributed by atoms with Crippen LogP contribution in [0.2, 0.25) is 0 Å². The van der Waals surface area contributed by atoms with Crippen molar-refractivity contribution in [1.82, 2.24) is 0 Å². The third-order valence-electron chi connectivity index (χ3n) is 7.41. The van der Waals surface area contributed by atoms with Gasteiger partial charge in [0, 0.05) is 0 Å². The molecule has 148 valence electrons. The molecule has 0 radical (unpaired) electrons. The van der Waals surface area contributed by atoms with Crippen LogP contribution in [0, 0.1) is 27.7 Å². The van der Waals surface area contributed by atoms with Gasteiger partial charge in [-0.05, 0) is 0 Å². The van der Waals surface area contributed by atoms with Gasteiger partial charge in [0.05, 0.1) is 0 Å². The van der Waals surface area contributed by atoms with Crippen LogP contribution in [-0.2, 0) is 30.3 Å². The second kappa shape index (κ2) is 10.8. The smallest absolute Gasteiger partial charge is 0.210 e. The fourth-order valence-electron chi connectivity index (χ4n) is 3.91. The van der Waals surface area contributed by atoms with E-state index in [9.17, 15) is 0 Å². The molecule has 0 unspecified atom stereocenters. The van der Waals surface area contributed by atoms with Gasteiger partial charge >= 0.3 is 19.5 Å². The van der Waals surface area contributed by atoms with Crippen molar-refractivity contribution in [3.05, 3.63) is 57.6 Å². The average Bonchev–Trinajstić information content (AvgIpc) is 3.17. The largest absolute Gasteiger partial charge is 2.00 e. The van der Waals surface area contributed by atoms with Crippen LogP contribution in [0.1, 0.15) is 101 Å². The number of rotatable bonds is 6. The maximum Gasteiger partial charge on any atom is 2.00 e. The molecule has 0 N–H and O–H groups in total. The first-order chi connectivity index (χ1) is 12.1. The molecule has 0 saturated carbocycles. The van der Waals surface area contributed by atoms with Gasteiger partial charge in [-0.2, -0.15) is 45.5 Å². The predicted molar refractivity (Wildman–Crippen MR) is 119 cm³/mol. The van der Waals surface area contributed by atoms with E-state index in [0.29, 0.717) is 10.8 Å². The Hall–Kier alpha value is -0.677. The van der Waals surface area contributed by atoms with Gasteiger partial charge in [0.2, 0.25) is 0 Å². The van der Waals surface area contributed by atoms with Crippen molar-refractivity contribution in [3.8, 4) is 0 Å². The zero-order valence-electron chi connectivity index (χ0n) is 19.8. The minimum Gasteiger partial charge on any atom is -0.210 e. The summed E-state index contributed by atoms with van der Waals surface area (Å²) in [6, 6.07) is 9.10. The van der Waals surface area contributed by atoms with Crippen LogP contribution in [0.4, 0.5) is 0 Å². The molecule has 0 spiro atoms. The van der Waals surface area contributed by atoms with E-state index in [1.165, 1.54) is 47.9 Å². The van der Waals surface area contributed by atoms with Crippen LogP contribution in [0.3, 0.4) is 0 Å². The summed E-state index contributed by atoms with van der Waals surface area (Å²) >= 11 is 0. The molecule has 0 heterocycles. The Balaban J connectivity index is 0.000000483. The van der Waals surface area contributed by atoms with Gasteiger partial charge < -0.3 is 0 Å². The standard InChI is InChI=1S/2C13H21.Zn/c2*1-6-13(5,7-2)12-9-8-10(3)11(12)4;/h2*8-9H,6-7H2,1-5H3;/q2*-1;+2. The predicted octanol–water partition coefficient (Wildman–Crippen LogP) is 8.20. The van der Waals surface area contributed by atoms with Gasteiger partial charge in [0.1, 0.15) is 0 Å². The summed E-state index contributed by atoms with van der Waals surface area (Å²) < 4.78 is 0. The van der Waals surface area contributed by atoms with Crippen molar-refractivity contribution in [2.75, 3.05) is 0 Å². The van der Waals surface area contributed by atoms with E-state index in [4.69, 9.17) is 0 Å². The number of aryl methyl sites for hydroxylation is 2. The Labute approximate surface area is 182 Å². The first kappa shape index (κ1) is 26.3. The van der Waals surface area contributed by atoms with Crippen molar-refractivity contribution in [3.63, 3.8) is 0 Å². The molecule has 0 aliphatic heterocycles. The molecule has 27 heavy (non-hydrogen) atoms. The molecular weight excluding hydrogens is 378 g/mol. The molecule has 0 aromatic heterocycles. The zero-order chi connectivity index (χ0) is 20.1. The molecule has 0 nitrogen and oxygen atoms in total. The molecule has 2 aromatic rings. The number of hydrogen-bond donors (Lipinski definition) is 0. The van der Waals surface area contributed by atoms with Crippen LogP contribution >= 0.6 is 0 Å². The van der Waals surface area contributed by atoms with E-state index >= 15 is 0 Å². The van der Waals surface area contributed by atoms with Crippen molar-refractivity contribution in [2.24, 2.45) is 0 Å². The Kier molecular flexibility index (Phi) is 10.5. The Morgan fingerprint density at radius 2 is 0.926 bits per heavy atom. The minimum atomic E-state index is 0. The van der Waals surface area contributed by atoms with Crippen LogP contribution in [0.25, 0.3) is 0 Å². The van der Waals surface area contributed by atoms with Gasteiger partial charge in [-0.1, -0.05) is 106 Å². The molecule has 0 saturated heterocycles. The summed E-state index contributed by atoms with van der Waals surface area (Å²) in [7, 11) is 0. The molecular formula is C26H42Zn. The normalized spacial score (nSPS) is 11.6. The van der Waals surface area contributed by atoms with E-state index in [0.717, 1.165) is 0 Å². The third-order valence-corrected chi connectivity index (χ3v) is 7.41. The maximum atomic E-state index is 2.37. The van der Waals surface area contributed by atoms with Crippen molar-refractivity contribution >= 4 is 0 Å². The molecule has 2 rings (SSSR count). The topological polar surface area (TPSA) is 0 Å². The van der Waals surface area contributed by atoms with Gasteiger partial charge in [-0.25, -0.2) is 12.1 Å². The van der Waals surface area contributed by atoms with Crippen molar-refractivity contribution in [1.29, 1.82) is 0 Å². The summed E-state index contributed by atoms with van der Waals surface area (Å²) in [4.78, 5) is 0. The summed E-state index contributed by atoms with van der Waals surface area (Å²) in [5, 5.41) is 0.